The van der Waals surface area contributed by atoms with E-state index < -0.39 is 5.95 Å². The fraction of sp³-hybridized carbons (Fsp3) is 0.0526. The van der Waals surface area contributed by atoms with Crippen molar-refractivity contribution in [1.82, 2.24) is 4.98 Å². The third-order valence-corrected chi connectivity index (χ3v) is 4.17. The number of nitrogens with zero attached hydrogens (tertiary/aromatic N) is 1. The maximum absolute atomic E-state index is 13.1. The van der Waals surface area contributed by atoms with E-state index in [4.69, 9.17) is 0 Å². The lowest BCUT2D eigenvalue weighted by Crippen LogP contribution is -1.97. The van der Waals surface area contributed by atoms with Gasteiger partial charge >= 0.3 is 0 Å². The molecule has 1 heterocycles. The van der Waals surface area contributed by atoms with Crippen LogP contribution in [0.2, 0.25) is 0 Å². The Hall–Kier alpha value is -2.81. The van der Waals surface area contributed by atoms with Crippen LogP contribution >= 0.6 is 0 Å². The lowest BCUT2D eigenvalue weighted by molar-refractivity contribution is -0.108. The second-order valence-electron chi connectivity index (χ2n) is 5.34. The minimum atomic E-state index is -0.498. The average molecular weight is 289 g/mol. The molecule has 0 fully saturated rings. The van der Waals surface area contributed by atoms with E-state index in [1.807, 2.05) is 42.5 Å². The SMILES string of the molecule is O=CC1c2ccccc2-c2c(-c3ccc(F)nc3)cccc21. The number of rotatable bonds is 2. The molecule has 1 aliphatic rings. The molecule has 0 radical (unpaired) electrons. The number of carbonyl (C=O) groups excluding carboxylic acids is 1. The first-order valence-electron chi connectivity index (χ1n) is 7.09. The van der Waals surface area contributed by atoms with Gasteiger partial charge in [0.15, 0.2) is 0 Å². The summed E-state index contributed by atoms with van der Waals surface area (Å²) in [5.74, 6) is -0.734. The Bertz CT molecular complexity index is 871. The van der Waals surface area contributed by atoms with Gasteiger partial charge in [-0.05, 0) is 39.9 Å². The summed E-state index contributed by atoms with van der Waals surface area (Å²) < 4.78 is 13.1. The number of aromatic nitrogens is 1. The van der Waals surface area contributed by atoms with Crippen LogP contribution in [-0.2, 0) is 4.79 Å². The number of pyridine rings is 1. The quantitative estimate of drug-likeness (QED) is 0.523. The summed E-state index contributed by atoms with van der Waals surface area (Å²) in [6.45, 7) is 0. The normalized spacial score (nSPS) is 15.2. The van der Waals surface area contributed by atoms with Crippen molar-refractivity contribution in [3.05, 3.63) is 77.9 Å². The van der Waals surface area contributed by atoms with Gasteiger partial charge in [-0.3, -0.25) is 0 Å². The topological polar surface area (TPSA) is 30.0 Å². The molecule has 0 N–H and O–H groups in total. The lowest BCUT2D eigenvalue weighted by Gasteiger charge is -2.10. The zero-order chi connectivity index (χ0) is 15.1. The summed E-state index contributed by atoms with van der Waals surface area (Å²) >= 11 is 0. The van der Waals surface area contributed by atoms with Gasteiger partial charge in [-0.15, -0.1) is 0 Å². The fourth-order valence-corrected chi connectivity index (χ4v) is 3.22. The van der Waals surface area contributed by atoms with Crippen LogP contribution in [0.5, 0.6) is 0 Å². The largest absolute Gasteiger partial charge is 0.302 e. The van der Waals surface area contributed by atoms with E-state index in [0.717, 1.165) is 39.7 Å². The first kappa shape index (κ1) is 12.9. The molecule has 0 aliphatic heterocycles. The van der Waals surface area contributed by atoms with Gasteiger partial charge in [0.05, 0.1) is 5.92 Å². The number of halogens is 1. The Morgan fingerprint density at radius 3 is 2.45 bits per heavy atom. The number of benzene rings is 2. The molecule has 1 atom stereocenters. The average Bonchev–Trinajstić information content (AvgIpc) is 2.89. The molecule has 1 aromatic heterocycles. The molecule has 0 saturated heterocycles. The van der Waals surface area contributed by atoms with Crippen LogP contribution in [0.4, 0.5) is 4.39 Å². The summed E-state index contributed by atoms with van der Waals surface area (Å²) in [5, 5.41) is 0. The van der Waals surface area contributed by atoms with Crippen molar-refractivity contribution in [2.45, 2.75) is 5.92 Å². The highest BCUT2D eigenvalue weighted by Gasteiger charge is 2.30. The van der Waals surface area contributed by atoms with Gasteiger partial charge in [0.1, 0.15) is 6.29 Å². The molecule has 0 bridgehead atoms. The maximum Gasteiger partial charge on any atom is 0.212 e. The Morgan fingerprint density at radius 2 is 1.68 bits per heavy atom. The van der Waals surface area contributed by atoms with Crippen LogP contribution in [0, 0.1) is 5.95 Å². The first-order valence-corrected chi connectivity index (χ1v) is 7.09. The van der Waals surface area contributed by atoms with Gasteiger partial charge in [0.2, 0.25) is 5.95 Å². The van der Waals surface area contributed by atoms with Crippen molar-refractivity contribution < 1.29 is 9.18 Å². The van der Waals surface area contributed by atoms with Crippen molar-refractivity contribution in [2.24, 2.45) is 0 Å². The molecular weight excluding hydrogens is 277 g/mol. The van der Waals surface area contributed by atoms with Crippen molar-refractivity contribution in [1.29, 1.82) is 0 Å². The maximum atomic E-state index is 13.1. The van der Waals surface area contributed by atoms with Crippen LogP contribution in [0.1, 0.15) is 17.0 Å². The van der Waals surface area contributed by atoms with Crippen LogP contribution in [-0.4, -0.2) is 11.3 Å². The summed E-state index contributed by atoms with van der Waals surface area (Å²) in [7, 11) is 0. The highest BCUT2D eigenvalue weighted by atomic mass is 19.1. The van der Waals surface area contributed by atoms with E-state index in [1.54, 1.807) is 6.07 Å². The summed E-state index contributed by atoms with van der Waals surface area (Å²) in [6.07, 6.45) is 2.51. The van der Waals surface area contributed by atoms with Crippen molar-refractivity contribution in [3.63, 3.8) is 0 Å². The van der Waals surface area contributed by atoms with Gasteiger partial charge < -0.3 is 4.79 Å². The van der Waals surface area contributed by atoms with Crippen LogP contribution in [0.15, 0.2) is 60.8 Å². The van der Waals surface area contributed by atoms with Crippen LogP contribution < -0.4 is 0 Å². The highest BCUT2D eigenvalue weighted by molar-refractivity contribution is 5.95. The number of hydrogen-bond acceptors (Lipinski definition) is 2. The van der Waals surface area contributed by atoms with Gasteiger partial charge in [-0.1, -0.05) is 42.5 Å². The monoisotopic (exact) mass is 289 g/mol. The van der Waals surface area contributed by atoms with Crippen molar-refractivity contribution in [3.8, 4) is 22.3 Å². The predicted octanol–water partition coefficient (Wildman–Crippen LogP) is 4.20. The van der Waals surface area contributed by atoms with E-state index in [1.165, 1.54) is 12.3 Å². The number of aldehydes is 1. The third-order valence-electron chi connectivity index (χ3n) is 4.17. The molecule has 2 nitrogen and oxygen atoms in total. The smallest absolute Gasteiger partial charge is 0.212 e. The van der Waals surface area contributed by atoms with Crippen LogP contribution in [0.25, 0.3) is 22.3 Å². The zero-order valence-corrected chi connectivity index (χ0v) is 11.7. The van der Waals surface area contributed by atoms with Gasteiger partial charge in [-0.25, -0.2) is 4.98 Å². The molecule has 106 valence electrons. The Morgan fingerprint density at radius 1 is 0.909 bits per heavy atom. The first-order chi connectivity index (χ1) is 10.8. The second kappa shape index (κ2) is 4.88. The standard InChI is InChI=1S/C19H12FNO/c20-18-9-8-12(10-21-18)13-6-3-7-16-17(11-22)14-4-1-2-5-15(14)19(13)16/h1-11,17H. The molecule has 22 heavy (non-hydrogen) atoms. The molecule has 0 amide bonds. The Labute approximate surface area is 127 Å². The lowest BCUT2D eigenvalue weighted by atomic mass is 9.94. The predicted molar refractivity (Wildman–Crippen MR) is 83.0 cm³/mol. The van der Waals surface area contributed by atoms with E-state index in [0.29, 0.717) is 0 Å². The van der Waals surface area contributed by atoms with Gasteiger partial charge in [0.25, 0.3) is 0 Å². The molecule has 1 unspecified atom stereocenters. The number of carbonyl (C=O) groups is 1. The molecular formula is C19H12FNO. The summed E-state index contributed by atoms with van der Waals surface area (Å²) in [6, 6.07) is 16.9. The summed E-state index contributed by atoms with van der Waals surface area (Å²) in [5.41, 5.74) is 5.95. The molecule has 1 aliphatic carbocycles. The number of hydrogen-bond donors (Lipinski definition) is 0. The molecule has 3 heteroatoms. The molecule has 0 saturated carbocycles. The second-order valence-corrected chi connectivity index (χ2v) is 5.34. The van der Waals surface area contributed by atoms with Crippen molar-refractivity contribution >= 4 is 6.29 Å². The Balaban J connectivity index is 2.01. The highest BCUT2D eigenvalue weighted by Crippen LogP contribution is 2.47. The van der Waals surface area contributed by atoms with E-state index in [-0.39, 0.29) is 5.92 Å². The molecule has 0 spiro atoms. The zero-order valence-electron chi connectivity index (χ0n) is 11.7. The molecule has 2 aromatic carbocycles. The molecule has 3 aromatic rings. The minimum absolute atomic E-state index is 0.237. The third kappa shape index (κ3) is 1.79. The Kier molecular flexibility index (Phi) is 2.86. The fourth-order valence-electron chi connectivity index (χ4n) is 3.22. The van der Waals surface area contributed by atoms with Crippen molar-refractivity contribution in [2.75, 3.05) is 0 Å². The van der Waals surface area contributed by atoms with E-state index >= 15 is 0 Å². The van der Waals surface area contributed by atoms with Gasteiger partial charge in [-0.2, -0.15) is 4.39 Å². The minimum Gasteiger partial charge on any atom is -0.302 e. The van der Waals surface area contributed by atoms with Crippen LogP contribution in [0.3, 0.4) is 0 Å². The van der Waals surface area contributed by atoms with E-state index in [2.05, 4.69) is 4.98 Å². The van der Waals surface area contributed by atoms with E-state index in [9.17, 15) is 9.18 Å². The van der Waals surface area contributed by atoms with Gasteiger partial charge in [0, 0.05) is 11.8 Å². The number of fused-ring (bicyclic) bond motifs is 3. The molecule has 4 rings (SSSR count). The summed E-state index contributed by atoms with van der Waals surface area (Å²) in [4.78, 5) is 15.3.